The maximum absolute atomic E-state index is 13.4. The van der Waals surface area contributed by atoms with Gasteiger partial charge in [0.2, 0.25) is 0 Å². The molecule has 1 N–H and O–H groups in total. The van der Waals surface area contributed by atoms with Gasteiger partial charge in [0.1, 0.15) is 11.6 Å². The smallest absolute Gasteiger partial charge is 0.133 e. The minimum absolute atomic E-state index is 0.341. The van der Waals surface area contributed by atoms with Crippen LogP contribution in [0, 0.1) is 19.7 Å². The summed E-state index contributed by atoms with van der Waals surface area (Å²) in [7, 11) is 0. The van der Waals surface area contributed by atoms with E-state index in [0.717, 1.165) is 41.3 Å². The van der Waals surface area contributed by atoms with Gasteiger partial charge in [-0.05, 0) is 61.7 Å². The first-order valence-corrected chi connectivity index (χ1v) is 8.31. The summed E-state index contributed by atoms with van der Waals surface area (Å²) in [6.07, 6.45) is 0.878. The number of anilines is 1. The van der Waals surface area contributed by atoms with Gasteiger partial charge in [-0.2, -0.15) is 5.10 Å². The van der Waals surface area contributed by atoms with Crippen molar-refractivity contribution in [1.82, 2.24) is 9.78 Å². The van der Waals surface area contributed by atoms with Gasteiger partial charge in [0.25, 0.3) is 0 Å². The first kappa shape index (κ1) is 15.2. The van der Waals surface area contributed by atoms with Gasteiger partial charge < -0.3 is 5.32 Å². The molecule has 0 radical (unpaired) electrons. The Kier molecular flexibility index (Phi) is 3.57. The maximum atomic E-state index is 13.4. The molecule has 0 aliphatic carbocycles. The topological polar surface area (TPSA) is 29.9 Å². The highest BCUT2D eigenvalue weighted by atomic mass is 35.5. The Morgan fingerprint density at radius 1 is 1.12 bits per heavy atom. The third-order valence-electron chi connectivity index (χ3n) is 4.57. The van der Waals surface area contributed by atoms with Crippen LogP contribution in [0.1, 0.15) is 16.7 Å². The van der Waals surface area contributed by atoms with Crippen molar-refractivity contribution in [2.24, 2.45) is 0 Å². The third-order valence-corrected chi connectivity index (χ3v) is 4.88. The Bertz CT molecular complexity index is 946. The first-order chi connectivity index (χ1) is 11.5. The SMILES string of the molecule is Cc1ccc(-n2nc(-c3ccc(F)cc3Cl)c3c2NCC3)cc1C. The molecule has 0 unspecified atom stereocenters. The number of nitrogens with one attached hydrogen (secondary N) is 1. The molecule has 0 atom stereocenters. The van der Waals surface area contributed by atoms with E-state index in [1.54, 1.807) is 6.07 Å². The second kappa shape index (κ2) is 5.64. The fourth-order valence-electron chi connectivity index (χ4n) is 3.12. The molecule has 3 nitrogen and oxygen atoms in total. The second-order valence-corrected chi connectivity index (χ2v) is 6.56. The summed E-state index contributed by atoms with van der Waals surface area (Å²) in [6, 6.07) is 10.7. The van der Waals surface area contributed by atoms with E-state index >= 15 is 0 Å². The molecule has 2 aromatic carbocycles. The molecule has 122 valence electrons. The van der Waals surface area contributed by atoms with Crippen LogP contribution in [0.15, 0.2) is 36.4 Å². The fourth-order valence-corrected chi connectivity index (χ4v) is 3.37. The summed E-state index contributed by atoms with van der Waals surface area (Å²) in [5, 5.41) is 8.57. The zero-order valence-corrected chi connectivity index (χ0v) is 14.3. The zero-order chi connectivity index (χ0) is 16.8. The minimum atomic E-state index is -0.341. The molecule has 1 aliphatic heterocycles. The number of aromatic nitrogens is 2. The Morgan fingerprint density at radius 2 is 1.96 bits per heavy atom. The van der Waals surface area contributed by atoms with Crippen molar-refractivity contribution < 1.29 is 4.39 Å². The molecule has 5 heteroatoms. The molecule has 24 heavy (non-hydrogen) atoms. The number of hydrogen-bond donors (Lipinski definition) is 1. The highest BCUT2D eigenvalue weighted by molar-refractivity contribution is 6.33. The number of aryl methyl sites for hydroxylation is 2. The number of nitrogens with zero attached hydrogens (tertiary/aromatic N) is 2. The van der Waals surface area contributed by atoms with E-state index < -0.39 is 0 Å². The van der Waals surface area contributed by atoms with E-state index in [1.165, 1.54) is 23.3 Å². The molecule has 1 aliphatic rings. The molecule has 0 saturated carbocycles. The van der Waals surface area contributed by atoms with Crippen molar-refractivity contribution in [3.63, 3.8) is 0 Å². The normalized spacial score (nSPS) is 13.0. The van der Waals surface area contributed by atoms with Gasteiger partial charge >= 0.3 is 0 Å². The van der Waals surface area contributed by atoms with Crippen molar-refractivity contribution in [2.45, 2.75) is 20.3 Å². The average Bonchev–Trinajstić information content (AvgIpc) is 3.13. The molecule has 0 bridgehead atoms. The number of halogens is 2. The molecule has 1 aromatic heterocycles. The van der Waals surface area contributed by atoms with E-state index in [9.17, 15) is 4.39 Å². The van der Waals surface area contributed by atoms with E-state index in [4.69, 9.17) is 16.7 Å². The standard InChI is InChI=1S/C19H17ClFN3/c1-11-3-5-14(9-12(11)2)24-19-16(7-8-22-19)18(23-24)15-6-4-13(21)10-17(15)20/h3-6,9-10,22H,7-8H2,1-2H3. The molecular formula is C19H17ClFN3. The van der Waals surface area contributed by atoms with Crippen LogP contribution in [0.5, 0.6) is 0 Å². The van der Waals surface area contributed by atoms with Gasteiger partial charge in [-0.3, -0.25) is 0 Å². The van der Waals surface area contributed by atoms with E-state index in [-0.39, 0.29) is 5.82 Å². The fraction of sp³-hybridized carbons (Fsp3) is 0.211. The maximum Gasteiger partial charge on any atom is 0.133 e. The van der Waals surface area contributed by atoms with Gasteiger partial charge in [-0.15, -0.1) is 0 Å². The van der Waals surface area contributed by atoms with Crippen molar-refractivity contribution in [1.29, 1.82) is 0 Å². The summed E-state index contributed by atoms with van der Waals surface area (Å²) >= 11 is 6.26. The number of benzene rings is 2. The van der Waals surface area contributed by atoms with E-state index in [2.05, 4.69) is 37.4 Å². The molecule has 4 rings (SSSR count). The number of fused-ring (bicyclic) bond motifs is 1. The Hall–Kier alpha value is -2.33. The van der Waals surface area contributed by atoms with E-state index in [1.807, 2.05) is 4.68 Å². The lowest BCUT2D eigenvalue weighted by atomic mass is 10.1. The van der Waals surface area contributed by atoms with Crippen molar-refractivity contribution in [2.75, 3.05) is 11.9 Å². The lowest BCUT2D eigenvalue weighted by Gasteiger charge is -2.09. The Labute approximate surface area is 145 Å². The summed E-state index contributed by atoms with van der Waals surface area (Å²) < 4.78 is 15.3. The Morgan fingerprint density at radius 3 is 2.71 bits per heavy atom. The molecule has 0 fully saturated rings. The van der Waals surface area contributed by atoms with Gasteiger partial charge in [-0.1, -0.05) is 17.7 Å². The van der Waals surface area contributed by atoms with Crippen LogP contribution in [0.25, 0.3) is 16.9 Å². The molecule has 0 saturated heterocycles. The van der Waals surface area contributed by atoms with Crippen LogP contribution >= 0.6 is 11.6 Å². The number of rotatable bonds is 2. The molecule has 2 heterocycles. The lowest BCUT2D eigenvalue weighted by molar-refractivity contribution is 0.628. The molecule has 0 spiro atoms. The highest BCUT2D eigenvalue weighted by Gasteiger charge is 2.25. The summed E-state index contributed by atoms with van der Waals surface area (Å²) in [5.74, 6) is 0.653. The third kappa shape index (κ3) is 2.38. The molecule has 0 amide bonds. The molecule has 3 aromatic rings. The largest absolute Gasteiger partial charge is 0.369 e. The quantitative estimate of drug-likeness (QED) is 0.717. The first-order valence-electron chi connectivity index (χ1n) is 7.93. The van der Waals surface area contributed by atoms with Crippen LogP contribution in [0.4, 0.5) is 10.2 Å². The predicted molar refractivity (Wildman–Crippen MR) is 95.6 cm³/mol. The lowest BCUT2D eigenvalue weighted by Crippen LogP contribution is -2.04. The zero-order valence-electron chi connectivity index (χ0n) is 13.5. The second-order valence-electron chi connectivity index (χ2n) is 6.16. The van der Waals surface area contributed by atoms with Crippen molar-refractivity contribution >= 4 is 17.4 Å². The van der Waals surface area contributed by atoms with Crippen LogP contribution in [0.2, 0.25) is 5.02 Å². The predicted octanol–water partition coefficient (Wildman–Crippen LogP) is 4.92. The monoisotopic (exact) mass is 341 g/mol. The van der Waals surface area contributed by atoms with Crippen LogP contribution in [0.3, 0.4) is 0 Å². The summed E-state index contributed by atoms with van der Waals surface area (Å²) in [5.41, 5.74) is 6.18. The van der Waals surface area contributed by atoms with Gasteiger partial charge in [0.05, 0.1) is 16.4 Å². The Balaban J connectivity index is 1.90. The van der Waals surface area contributed by atoms with Gasteiger partial charge in [-0.25, -0.2) is 9.07 Å². The summed E-state index contributed by atoms with van der Waals surface area (Å²) in [4.78, 5) is 0. The van der Waals surface area contributed by atoms with Gasteiger partial charge in [0, 0.05) is 17.7 Å². The number of hydrogen-bond acceptors (Lipinski definition) is 2. The van der Waals surface area contributed by atoms with E-state index in [0.29, 0.717) is 5.02 Å². The van der Waals surface area contributed by atoms with Crippen LogP contribution < -0.4 is 5.32 Å². The van der Waals surface area contributed by atoms with Crippen LogP contribution in [-0.2, 0) is 6.42 Å². The van der Waals surface area contributed by atoms with Gasteiger partial charge in [0.15, 0.2) is 0 Å². The minimum Gasteiger partial charge on any atom is -0.369 e. The molecular weight excluding hydrogens is 325 g/mol. The summed E-state index contributed by atoms with van der Waals surface area (Å²) in [6.45, 7) is 5.05. The van der Waals surface area contributed by atoms with Crippen molar-refractivity contribution in [3.05, 3.63) is 63.9 Å². The average molecular weight is 342 g/mol. The highest BCUT2D eigenvalue weighted by Crippen LogP contribution is 2.37. The van der Waals surface area contributed by atoms with Crippen molar-refractivity contribution in [3.8, 4) is 16.9 Å². The van der Waals surface area contributed by atoms with Crippen LogP contribution in [-0.4, -0.2) is 16.3 Å².